The van der Waals surface area contributed by atoms with Gasteiger partial charge in [0.25, 0.3) is 0 Å². The molecule has 6 rings (SSSR count). The van der Waals surface area contributed by atoms with Crippen molar-refractivity contribution in [2.45, 2.75) is 0 Å². The normalized spacial score (nSPS) is 14.3. The number of nitrogens with one attached hydrogen (secondary N) is 1. The van der Waals surface area contributed by atoms with Crippen LogP contribution in [0.15, 0.2) is 55.2 Å². The van der Waals surface area contributed by atoms with Gasteiger partial charge in [-0.1, -0.05) is 0 Å². The zero-order valence-electron chi connectivity index (χ0n) is 17.1. The Morgan fingerprint density at radius 3 is 2.78 bits per heavy atom. The van der Waals surface area contributed by atoms with Crippen LogP contribution in [0.3, 0.4) is 0 Å². The van der Waals surface area contributed by atoms with Crippen LogP contribution in [0.2, 0.25) is 0 Å². The van der Waals surface area contributed by atoms with E-state index in [1.807, 2.05) is 36.7 Å². The Labute approximate surface area is 182 Å². The molecular formula is C21H20N10O. The molecule has 1 fully saturated rings. The highest BCUT2D eigenvalue weighted by Gasteiger charge is 2.22. The lowest BCUT2D eigenvalue weighted by atomic mass is 10.1. The maximum Gasteiger partial charge on any atom is 0.169 e. The Morgan fingerprint density at radius 2 is 2.00 bits per heavy atom. The fraction of sp³-hybridized carbons (Fsp3) is 0.190. The van der Waals surface area contributed by atoms with Gasteiger partial charge in [-0.15, -0.1) is 5.10 Å². The van der Waals surface area contributed by atoms with Crippen molar-refractivity contribution in [3.8, 4) is 22.6 Å². The van der Waals surface area contributed by atoms with Gasteiger partial charge >= 0.3 is 0 Å². The predicted octanol–water partition coefficient (Wildman–Crippen LogP) is 1.81. The third-order valence-corrected chi connectivity index (χ3v) is 5.50. The summed E-state index contributed by atoms with van der Waals surface area (Å²) in [5.74, 6) is 1.92. The summed E-state index contributed by atoms with van der Waals surface area (Å²) < 4.78 is 9.00. The van der Waals surface area contributed by atoms with E-state index in [4.69, 9.17) is 15.5 Å². The van der Waals surface area contributed by atoms with E-state index in [-0.39, 0.29) is 0 Å². The fourth-order valence-electron chi connectivity index (χ4n) is 3.94. The summed E-state index contributed by atoms with van der Waals surface area (Å²) >= 11 is 0. The Balaban J connectivity index is 1.56. The number of nitrogen functional groups attached to an aromatic ring is 1. The van der Waals surface area contributed by atoms with E-state index in [1.54, 1.807) is 28.0 Å². The molecule has 0 radical (unpaired) electrons. The van der Waals surface area contributed by atoms with E-state index >= 15 is 0 Å². The van der Waals surface area contributed by atoms with E-state index in [0.29, 0.717) is 30.5 Å². The van der Waals surface area contributed by atoms with E-state index in [2.05, 4.69) is 30.3 Å². The van der Waals surface area contributed by atoms with E-state index < -0.39 is 0 Å². The van der Waals surface area contributed by atoms with Crippen LogP contribution in [-0.2, 0) is 4.74 Å². The number of aromatic amines is 1. The maximum atomic E-state index is 6.39. The number of rotatable bonds is 4. The van der Waals surface area contributed by atoms with Gasteiger partial charge in [-0.25, -0.2) is 9.67 Å². The summed E-state index contributed by atoms with van der Waals surface area (Å²) in [6.45, 7) is 2.85. The van der Waals surface area contributed by atoms with E-state index in [0.717, 1.165) is 41.1 Å². The Bertz CT molecular complexity index is 1370. The summed E-state index contributed by atoms with van der Waals surface area (Å²) in [5, 5.41) is 16.8. The van der Waals surface area contributed by atoms with Crippen molar-refractivity contribution >= 4 is 22.7 Å². The van der Waals surface area contributed by atoms with Crippen molar-refractivity contribution in [3.05, 3.63) is 55.2 Å². The summed E-state index contributed by atoms with van der Waals surface area (Å²) in [6, 6.07) is 7.71. The standard InChI is InChI=1S/C21H20N10O/c22-20-19-16(14-11-25-30(13-14)15-2-1-4-23-12-15)10-18(29-6-8-32-9-7-29)26-21(19)31(28-20)17-3-5-24-27-17/h1-5,10-13H,6-9H2,(H2,22,28)(H,24,27). The Kier molecular flexibility index (Phi) is 4.32. The monoisotopic (exact) mass is 428 g/mol. The molecule has 5 aromatic rings. The van der Waals surface area contributed by atoms with Crippen LogP contribution >= 0.6 is 0 Å². The molecule has 0 saturated carbocycles. The van der Waals surface area contributed by atoms with Gasteiger partial charge in [0.2, 0.25) is 0 Å². The maximum absolute atomic E-state index is 6.39. The SMILES string of the molecule is Nc1nn(-c2ccn[nH]2)c2nc(N3CCOCC3)cc(-c3cnn(-c4cccnc4)c3)c12. The molecule has 1 aliphatic heterocycles. The van der Waals surface area contributed by atoms with Crippen LogP contribution < -0.4 is 10.6 Å². The minimum absolute atomic E-state index is 0.389. The molecule has 5 aromatic heterocycles. The highest BCUT2D eigenvalue weighted by Crippen LogP contribution is 2.35. The largest absolute Gasteiger partial charge is 0.382 e. The van der Waals surface area contributed by atoms with Gasteiger partial charge in [-0.2, -0.15) is 14.9 Å². The quantitative estimate of drug-likeness (QED) is 0.443. The van der Waals surface area contributed by atoms with Crippen LogP contribution in [0, 0.1) is 0 Å². The lowest BCUT2D eigenvalue weighted by Crippen LogP contribution is -2.36. The summed E-state index contributed by atoms with van der Waals surface area (Å²) in [5.41, 5.74) is 9.74. The summed E-state index contributed by atoms with van der Waals surface area (Å²) in [7, 11) is 0. The average Bonchev–Trinajstić information content (AvgIpc) is 3.60. The molecule has 11 heteroatoms. The number of hydrogen-bond donors (Lipinski definition) is 2. The van der Waals surface area contributed by atoms with Gasteiger partial charge in [-0.3, -0.25) is 10.1 Å². The Hall–Kier alpha value is -4.25. The summed E-state index contributed by atoms with van der Waals surface area (Å²) in [4.78, 5) is 11.3. The topological polar surface area (TPSA) is 129 Å². The number of ether oxygens (including phenoxy) is 1. The zero-order chi connectivity index (χ0) is 21.5. The molecule has 32 heavy (non-hydrogen) atoms. The minimum Gasteiger partial charge on any atom is -0.382 e. The molecule has 6 heterocycles. The van der Waals surface area contributed by atoms with Gasteiger partial charge in [0.05, 0.1) is 42.9 Å². The first kappa shape index (κ1) is 18.5. The number of morpholine rings is 1. The lowest BCUT2D eigenvalue weighted by Gasteiger charge is -2.28. The Morgan fingerprint density at radius 1 is 1.09 bits per heavy atom. The van der Waals surface area contributed by atoms with Crippen molar-refractivity contribution in [3.63, 3.8) is 0 Å². The molecule has 1 saturated heterocycles. The molecule has 0 unspecified atom stereocenters. The molecule has 160 valence electrons. The first-order valence-electron chi connectivity index (χ1n) is 10.2. The average molecular weight is 428 g/mol. The van der Waals surface area contributed by atoms with Gasteiger partial charge in [0, 0.05) is 42.7 Å². The van der Waals surface area contributed by atoms with Crippen LogP contribution in [0.5, 0.6) is 0 Å². The number of nitrogens with zero attached hydrogens (tertiary/aromatic N) is 8. The number of H-pyrrole nitrogens is 1. The van der Waals surface area contributed by atoms with Crippen molar-refractivity contribution in [2.24, 2.45) is 0 Å². The molecule has 0 spiro atoms. The van der Waals surface area contributed by atoms with Crippen LogP contribution in [0.25, 0.3) is 33.7 Å². The molecule has 11 nitrogen and oxygen atoms in total. The van der Waals surface area contributed by atoms with Crippen molar-refractivity contribution in [2.75, 3.05) is 36.9 Å². The molecule has 1 aliphatic rings. The molecular weight excluding hydrogens is 408 g/mol. The highest BCUT2D eigenvalue weighted by atomic mass is 16.5. The van der Waals surface area contributed by atoms with Crippen LogP contribution in [0.1, 0.15) is 0 Å². The smallest absolute Gasteiger partial charge is 0.169 e. The number of hydrogen-bond acceptors (Lipinski definition) is 8. The minimum atomic E-state index is 0.389. The molecule has 3 N–H and O–H groups in total. The van der Waals surface area contributed by atoms with E-state index in [1.165, 1.54) is 0 Å². The zero-order valence-corrected chi connectivity index (χ0v) is 17.1. The van der Waals surface area contributed by atoms with Gasteiger partial charge in [0.15, 0.2) is 17.3 Å². The van der Waals surface area contributed by atoms with Gasteiger partial charge in [-0.05, 0) is 18.2 Å². The molecule has 0 atom stereocenters. The molecule has 0 amide bonds. The number of nitrogens with two attached hydrogens (primary N) is 1. The number of fused-ring (bicyclic) bond motifs is 1. The van der Waals surface area contributed by atoms with Crippen molar-refractivity contribution in [1.82, 2.24) is 39.7 Å². The fourth-order valence-corrected chi connectivity index (χ4v) is 3.94. The number of anilines is 2. The highest BCUT2D eigenvalue weighted by molar-refractivity contribution is 6.01. The van der Waals surface area contributed by atoms with Crippen LogP contribution in [-0.4, -0.2) is 66.0 Å². The van der Waals surface area contributed by atoms with Gasteiger partial charge in [0.1, 0.15) is 5.82 Å². The molecule has 0 aromatic carbocycles. The number of pyridine rings is 2. The number of aromatic nitrogens is 8. The second kappa shape index (κ2) is 7.46. The molecule has 0 bridgehead atoms. The predicted molar refractivity (Wildman–Crippen MR) is 119 cm³/mol. The van der Waals surface area contributed by atoms with Gasteiger partial charge < -0.3 is 15.4 Å². The lowest BCUT2D eigenvalue weighted by molar-refractivity contribution is 0.122. The van der Waals surface area contributed by atoms with Crippen LogP contribution in [0.4, 0.5) is 11.6 Å². The first-order chi connectivity index (χ1) is 15.8. The second-order valence-electron chi connectivity index (χ2n) is 7.45. The first-order valence-corrected chi connectivity index (χ1v) is 10.2. The third kappa shape index (κ3) is 3.06. The summed E-state index contributed by atoms with van der Waals surface area (Å²) in [6.07, 6.45) is 8.95. The van der Waals surface area contributed by atoms with Crippen molar-refractivity contribution in [1.29, 1.82) is 0 Å². The second-order valence-corrected chi connectivity index (χ2v) is 7.45. The van der Waals surface area contributed by atoms with E-state index in [9.17, 15) is 0 Å². The third-order valence-electron chi connectivity index (χ3n) is 5.50. The molecule has 0 aliphatic carbocycles. The van der Waals surface area contributed by atoms with Crippen molar-refractivity contribution < 1.29 is 4.74 Å².